The summed E-state index contributed by atoms with van der Waals surface area (Å²) >= 11 is 1.57. The van der Waals surface area contributed by atoms with E-state index in [-0.39, 0.29) is 0 Å². The van der Waals surface area contributed by atoms with Crippen molar-refractivity contribution in [3.8, 4) is 5.19 Å². The van der Waals surface area contributed by atoms with E-state index in [4.69, 9.17) is 4.74 Å². The molecule has 1 N–H and O–H groups in total. The van der Waals surface area contributed by atoms with Gasteiger partial charge in [0.05, 0.1) is 0 Å². The lowest BCUT2D eigenvalue weighted by Gasteiger charge is -2.29. The molecule has 0 bridgehead atoms. The fourth-order valence-electron chi connectivity index (χ4n) is 2.51. The van der Waals surface area contributed by atoms with Crippen molar-refractivity contribution in [2.75, 3.05) is 6.54 Å². The van der Waals surface area contributed by atoms with Gasteiger partial charge in [0.15, 0.2) is 0 Å². The van der Waals surface area contributed by atoms with Crippen LogP contribution < -0.4 is 10.1 Å². The summed E-state index contributed by atoms with van der Waals surface area (Å²) in [6.07, 6.45) is 6.65. The first-order valence-electron chi connectivity index (χ1n) is 7.03. The number of ether oxygens (including phenoxy) is 1. The number of aromatic nitrogens is 2. The van der Waals surface area contributed by atoms with Crippen molar-refractivity contribution in [3.63, 3.8) is 0 Å². The molecule has 0 aliphatic heterocycles. The number of hydrogen-bond donors (Lipinski definition) is 1. The van der Waals surface area contributed by atoms with Crippen LogP contribution in [0, 0.1) is 5.92 Å². The van der Waals surface area contributed by atoms with Gasteiger partial charge in [0.2, 0.25) is 0 Å². The van der Waals surface area contributed by atoms with Crippen LogP contribution in [-0.2, 0) is 6.54 Å². The van der Waals surface area contributed by atoms with Gasteiger partial charge in [-0.25, -0.2) is 0 Å². The summed E-state index contributed by atoms with van der Waals surface area (Å²) < 4.78 is 6.04. The summed E-state index contributed by atoms with van der Waals surface area (Å²) in [7, 11) is 0. The molecule has 5 heteroatoms. The standard InChI is InChI=1S/C13H23N3OS/c1-3-10-7-5-6-8-11(10)17-13-16-15-12(18-13)9-14-4-2/h10-11,14H,3-9H2,1-2H3. The van der Waals surface area contributed by atoms with Crippen LogP contribution in [0.3, 0.4) is 0 Å². The molecule has 2 atom stereocenters. The molecule has 0 radical (unpaired) electrons. The molecule has 2 unspecified atom stereocenters. The minimum atomic E-state index is 0.351. The van der Waals surface area contributed by atoms with Crippen molar-refractivity contribution >= 4 is 11.3 Å². The molecule has 1 heterocycles. The van der Waals surface area contributed by atoms with Gasteiger partial charge in [-0.15, -0.1) is 5.10 Å². The van der Waals surface area contributed by atoms with Gasteiger partial charge in [-0.1, -0.05) is 36.7 Å². The predicted octanol–water partition coefficient (Wildman–Crippen LogP) is 3.00. The third-order valence-corrected chi connectivity index (χ3v) is 4.40. The Morgan fingerprint density at radius 3 is 2.89 bits per heavy atom. The van der Waals surface area contributed by atoms with Crippen molar-refractivity contribution in [1.82, 2.24) is 15.5 Å². The highest BCUT2D eigenvalue weighted by Gasteiger charge is 2.26. The first kappa shape index (κ1) is 13.7. The average Bonchev–Trinajstić information content (AvgIpc) is 2.84. The molecule has 18 heavy (non-hydrogen) atoms. The van der Waals surface area contributed by atoms with E-state index in [1.165, 1.54) is 32.1 Å². The first-order chi connectivity index (χ1) is 8.83. The summed E-state index contributed by atoms with van der Waals surface area (Å²) in [4.78, 5) is 0. The van der Waals surface area contributed by atoms with Gasteiger partial charge >= 0.3 is 0 Å². The van der Waals surface area contributed by atoms with Crippen molar-refractivity contribution in [1.29, 1.82) is 0 Å². The van der Waals surface area contributed by atoms with Crippen molar-refractivity contribution in [3.05, 3.63) is 5.01 Å². The second-order valence-corrected chi connectivity index (χ2v) is 5.88. The molecular weight excluding hydrogens is 246 g/mol. The summed E-state index contributed by atoms with van der Waals surface area (Å²) in [6.45, 7) is 6.09. The SMILES string of the molecule is CCNCc1nnc(OC2CCCCC2CC)s1. The van der Waals surface area contributed by atoms with E-state index in [1.54, 1.807) is 11.3 Å². The highest BCUT2D eigenvalue weighted by atomic mass is 32.1. The largest absolute Gasteiger partial charge is 0.465 e. The Morgan fingerprint density at radius 1 is 1.28 bits per heavy atom. The maximum Gasteiger partial charge on any atom is 0.294 e. The highest BCUT2D eigenvalue weighted by molar-refractivity contribution is 7.13. The minimum absolute atomic E-state index is 0.351. The molecule has 1 aromatic heterocycles. The smallest absolute Gasteiger partial charge is 0.294 e. The summed E-state index contributed by atoms with van der Waals surface area (Å²) in [5.74, 6) is 0.694. The van der Waals surface area contributed by atoms with Crippen molar-refractivity contribution in [2.24, 2.45) is 5.92 Å². The third kappa shape index (κ3) is 3.65. The molecular formula is C13H23N3OS. The molecule has 1 fully saturated rings. The maximum absolute atomic E-state index is 6.04. The van der Waals surface area contributed by atoms with E-state index in [0.29, 0.717) is 12.0 Å². The molecule has 1 aliphatic rings. The van der Waals surface area contributed by atoms with E-state index in [1.807, 2.05) is 0 Å². The second-order valence-electron chi connectivity index (χ2n) is 4.85. The zero-order valence-corrected chi connectivity index (χ0v) is 12.1. The van der Waals surface area contributed by atoms with E-state index in [0.717, 1.165) is 23.3 Å². The average molecular weight is 269 g/mol. The summed E-state index contributed by atoms with van der Waals surface area (Å²) in [6, 6.07) is 0. The topological polar surface area (TPSA) is 47.0 Å². The quantitative estimate of drug-likeness (QED) is 0.862. The van der Waals surface area contributed by atoms with E-state index in [9.17, 15) is 0 Å². The number of rotatable bonds is 6. The lowest BCUT2D eigenvalue weighted by Crippen LogP contribution is -2.29. The zero-order valence-electron chi connectivity index (χ0n) is 11.3. The molecule has 0 saturated heterocycles. The Hall–Kier alpha value is -0.680. The van der Waals surface area contributed by atoms with Crippen LogP contribution in [0.5, 0.6) is 5.19 Å². The molecule has 2 rings (SSSR count). The molecule has 0 amide bonds. The number of nitrogens with one attached hydrogen (secondary N) is 1. The van der Waals surface area contributed by atoms with Crippen LogP contribution in [0.15, 0.2) is 0 Å². The van der Waals surface area contributed by atoms with E-state index < -0.39 is 0 Å². The van der Waals surface area contributed by atoms with Crippen molar-refractivity contribution < 1.29 is 4.74 Å². The van der Waals surface area contributed by atoms with Gasteiger partial charge in [-0.05, 0) is 38.1 Å². The normalized spacial score (nSPS) is 24.1. The molecule has 4 nitrogen and oxygen atoms in total. The molecule has 0 aromatic carbocycles. The third-order valence-electron chi connectivity index (χ3n) is 3.59. The van der Waals surface area contributed by atoms with Gasteiger partial charge in [0.25, 0.3) is 5.19 Å². The van der Waals surface area contributed by atoms with Crippen LogP contribution in [0.4, 0.5) is 0 Å². The molecule has 1 aromatic rings. The predicted molar refractivity (Wildman–Crippen MR) is 74.0 cm³/mol. The van der Waals surface area contributed by atoms with E-state index >= 15 is 0 Å². The molecule has 0 spiro atoms. The highest BCUT2D eigenvalue weighted by Crippen LogP contribution is 2.31. The van der Waals surface area contributed by atoms with Gasteiger partial charge < -0.3 is 10.1 Å². The Kier molecular flexibility index (Phi) is 5.38. The van der Waals surface area contributed by atoms with Crippen molar-refractivity contribution in [2.45, 2.75) is 58.6 Å². The summed E-state index contributed by atoms with van der Waals surface area (Å²) in [5, 5.41) is 13.3. The minimum Gasteiger partial charge on any atom is -0.465 e. The van der Waals surface area contributed by atoms with Gasteiger partial charge in [-0.3, -0.25) is 0 Å². The Morgan fingerprint density at radius 2 is 2.11 bits per heavy atom. The molecule has 1 aliphatic carbocycles. The lowest BCUT2D eigenvalue weighted by molar-refractivity contribution is 0.0893. The Balaban J connectivity index is 1.89. The van der Waals surface area contributed by atoms with Gasteiger partial charge in [0.1, 0.15) is 11.1 Å². The zero-order chi connectivity index (χ0) is 12.8. The Labute approximate surface area is 113 Å². The van der Waals surface area contributed by atoms with Crippen LogP contribution in [0.25, 0.3) is 0 Å². The fourth-order valence-corrected chi connectivity index (χ4v) is 3.23. The first-order valence-corrected chi connectivity index (χ1v) is 7.84. The maximum atomic E-state index is 6.04. The van der Waals surface area contributed by atoms with E-state index in [2.05, 4.69) is 29.4 Å². The monoisotopic (exact) mass is 269 g/mol. The van der Waals surface area contributed by atoms with Crippen LogP contribution in [-0.4, -0.2) is 22.8 Å². The summed E-state index contributed by atoms with van der Waals surface area (Å²) in [5.41, 5.74) is 0. The van der Waals surface area contributed by atoms with Crippen LogP contribution >= 0.6 is 11.3 Å². The molecule has 1 saturated carbocycles. The number of nitrogens with zero attached hydrogens (tertiary/aromatic N) is 2. The van der Waals surface area contributed by atoms with Gasteiger partial charge in [-0.2, -0.15) is 0 Å². The fraction of sp³-hybridized carbons (Fsp3) is 0.846. The molecule has 102 valence electrons. The van der Waals surface area contributed by atoms with Crippen LogP contribution in [0.2, 0.25) is 0 Å². The number of hydrogen-bond acceptors (Lipinski definition) is 5. The van der Waals surface area contributed by atoms with Gasteiger partial charge in [0, 0.05) is 6.54 Å². The van der Waals surface area contributed by atoms with Crippen LogP contribution in [0.1, 0.15) is 51.0 Å². The Bertz CT molecular complexity index is 356. The lowest BCUT2D eigenvalue weighted by atomic mass is 9.85. The second kappa shape index (κ2) is 7.04.